The second kappa shape index (κ2) is 3.02. The second-order valence-corrected chi connectivity index (χ2v) is 2.78. The Morgan fingerprint density at radius 3 is 2.36 bits per heavy atom. The summed E-state index contributed by atoms with van der Waals surface area (Å²) in [5, 5.41) is 19.9. The van der Waals surface area contributed by atoms with Crippen molar-refractivity contribution < 1.29 is 14.8 Å². The fourth-order valence-corrected chi connectivity index (χ4v) is 1.06. The molecule has 0 atom stereocenters. The smallest absolute Gasteiger partial charge is 0.351 e. The van der Waals surface area contributed by atoms with Crippen molar-refractivity contribution in [3.8, 4) is 0 Å². The van der Waals surface area contributed by atoms with Crippen LogP contribution in [0.15, 0.2) is 23.9 Å². The van der Waals surface area contributed by atoms with E-state index in [0.29, 0.717) is 0 Å². The predicted octanol–water partition coefficient (Wildman–Crippen LogP) is 0.501. The first-order valence-electron chi connectivity index (χ1n) is 3.66. The molecule has 1 aliphatic heterocycles. The molecule has 0 aliphatic carbocycles. The molecule has 14 heavy (non-hydrogen) atoms. The first-order chi connectivity index (χ1) is 6.37. The number of hydrogen-bond acceptors (Lipinski definition) is 4. The summed E-state index contributed by atoms with van der Waals surface area (Å²) in [6, 6.07) is -0.571. The van der Waals surface area contributed by atoms with E-state index >= 15 is 0 Å². The van der Waals surface area contributed by atoms with E-state index in [4.69, 9.17) is 0 Å². The Balaban J connectivity index is 3.31. The number of likely N-dealkylation sites (N-methyl/N-ethyl adjacent to an activating group) is 1. The molecular formula is C7H9N3O4. The highest BCUT2D eigenvalue weighted by Crippen LogP contribution is 2.24. The largest absolute Gasteiger partial charge is 0.489 e. The molecule has 0 radical (unpaired) electrons. The maximum atomic E-state index is 11.3. The Morgan fingerprint density at radius 2 is 1.93 bits per heavy atom. The molecule has 0 saturated heterocycles. The minimum Gasteiger partial charge on any atom is -0.489 e. The molecule has 0 spiro atoms. The third kappa shape index (κ3) is 1.18. The molecule has 0 fully saturated rings. The highest BCUT2D eigenvalue weighted by atomic mass is 16.6. The van der Waals surface area contributed by atoms with Gasteiger partial charge >= 0.3 is 11.7 Å². The van der Waals surface area contributed by atoms with Gasteiger partial charge in [0.25, 0.3) is 5.88 Å². The van der Waals surface area contributed by atoms with Gasteiger partial charge in [-0.25, -0.2) is 4.79 Å². The van der Waals surface area contributed by atoms with Crippen LogP contribution >= 0.6 is 0 Å². The molecule has 1 aliphatic rings. The first kappa shape index (κ1) is 10.0. The monoisotopic (exact) mass is 199 g/mol. The third-order valence-corrected chi connectivity index (χ3v) is 1.96. The molecule has 1 rings (SSSR count). The standard InChI is InChI=1S/C7H9N3O4/c1-4-5(10(13)14)6(11)9(3)7(12)8(4)2/h11H,1H2,2-3H3. The number of carbonyl (C=O) groups is 1. The average Bonchev–Trinajstić information content (AvgIpc) is 2.11. The number of aliphatic hydroxyl groups excluding tert-OH is 1. The van der Waals surface area contributed by atoms with Gasteiger partial charge in [-0.15, -0.1) is 0 Å². The summed E-state index contributed by atoms with van der Waals surface area (Å²) >= 11 is 0. The van der Waals surface area contributed by atoms with E-state index in [1.165, 1.54) is 14.1 Å². The number of nitrogens with zero attached hydrogens (tertiary/aromatic N) is 3. The summed E-state index contributed by atoms with van der Waals surface area (Å²) in [6.07, 6.45) is 0. The van der Waals surface area contributed by atoms with E-state index < -0.39 is 22.5 Å². The number of urea groups is 1. The Kier molecular flexibility index (Phi) is 2.16. The Labute approximate surface area is 79.7 Å². The fourth-order valence-electron chi connectivity index (χ4n) is 1.06. The van der Waals surface area contributed by atoms with Crippen LogP contribution in [0.4, 0.5) is 4.79 Å². The van der Waals surface area contributed by atoms with Crippen LogP contribution in [0.25, 0.3) is 0 Å². The third-order valence-electron chi connectivity index (χ3n) is 1.96. The molecule has 2 amide bonds. The van der Waals surface area contributed by atoms with Crippen molar-refractivity contribution in [2.75, 3.05) is 14.1 Å². The lowest BCUT2D eigenvalue weighted by atomic mass is 10.3. The van der Waals surface area contributed by atoms with Crippen LogP contribution in [0.1, 0.15) is 0 Å². The average molecular weight is 199 g/mol. The summed E-state index contributed by atoms with van der Waals surface area (Å²) in [5.41, 5.74) is -0.690. The number of aliphatic hydroxyl groups is 1. The molecule has 76 valence electrons. The molecule has 7 heteroatoms. The minimum absolute atomic E-state index is 0.129. The van der Waals surface area contributed by atoms with Gasteiger partial charge in [0, 0.05) is 14.1 Å². The summed E-state index contributed by atoms with van der Waals surface area (Å²) in [6.45, 7) is 3.35. The molecule has 0 bridgehead atoms. The number of carbonyl (C=O) groups excluding carboxylic acids is 1. The lowest BCUT2D eigenvalue weighted by Gasteiger charge is -2.28. The van der Waals surface area contributed by atoms with E-state index in [2.05, 4.69) is 6.58 Å². The zero-order valence-corrected chi connectivity index (χ0v) is 7.72. The summed E-state index contributed by atoms with van der Waals surface area (Å²) in [4.78, 5) is 22.8. The van der Waals surface area contributed by atoms with Crippen molar-refractivity contribution in [2.45, 2.75) is 0 Å². The Hall–Kier alpha value is -2.05. The van der Waals surface area contributed by atoms with E-state index in [1.807, 2.05) is 0 Å². The number of nitro groups is 1. The van der Waals surface area contributed by atoms with Crippen LogP contribution in [-0.2, 0) is 0 Å². The molecular weight excluding hydrogens is 190 g/mol. The van der Waals surface area contributed by atoms with Crippen molar-refractivity contribution in [3.63, 3.8) is 0 Å². The van der Waals surface area contributed by atoms with Crippen molar-refractivity contribution in [1.29, 1.82) is 0 Å². The Morgan fingerprint density at radius 1 is 1.43 bits per heavy atom. The topological polar surface area (TPSA) is 86.9 Å². The van der Waals surface area contributed by atoms with E-state index in [1.54, 1.807) is 0 Å². The molecule has 7 nitrogen and oxygen atoms in total. The first-order valence-corrected chi connectivity index (χ1v) is 3.66. The zero-order valence-electron chi connectivity index (χ0n) is 7.72. The van der Waals surface area contributed by atoms with Gasteiger partial charge in [0.15, 0.2) is 0 Å². The molecule has 1 N–H and O–H groups in total. The van der Waals surface area contributed by atoms with E-state index in [-0.39, 0.29) is 5.70 Å². The van der Waals surface area contributed by atoms with E-state index in [9.17, 15) is 20.0 Å². The van der Waals surface area contributed by atoms with Crippen LogP contribution in [0, 0.1) is 10.1 Å². The van der Waals surface area contributed by atoms with Crippen LogP contribution < -0.4 is 0 Å². The molecule has 0 aromatic rings. The second-order valence-electron chi connectivity index (χ2n) is 2.78. The maximum absolute atomic E-state index is 11.3. The van der Waals surface area contributed by atoms with Crippen LogP contribution in [0.2, 0.25) is 0 Å². The van der Waals surface area contributed by atoms with Crippen molar-refractivity contribution in [1.82, 2.24) is 9.80 Å². The number of amides is 2. The van der Waals surface area contributed by atoms with Gasteiger partial charge in [-0.3, -0.25) is 19.9 Å². The number of rotatable bonds is 1. The van der Waals surface area contributed by atoms with Gasteiger partial charge in [0.2, 0.25) is 0 Å². The summed E-state index contributed by atoms with van der Waals surface area (Å²) < 4.78 is 0. The molecule has 0 aromatic heterocycles. The zero-order chi connectivity index (χ0) is 11.0. The summed E-state index contributed by atoms with van der Waals surface area (Å²) in [7, 11) is 2.58. The van der Waals surface area contributed by atoms with Crippen LogP contribution in [0.5, 0.6) is 0 Å². The highest BCUT2D eigenvalue weighted by Gasteiger charge is 2.38. The minimum atomic E-state index is -0.781. The van der Waals surface area contributed by atoms with Crippen molar-refractivity contribution in [2.24, 2.45) is 0 Å². The Bertz CT molecular complexity index is 360. The number of hydrogen-bond donors (Lipinski definition) is 1. The van der Waals surface area contributed by atoms with Crippen molar-refractivity contribution in [3.05, 3.63) is 34.0 Å². The molecule has 0 aromatic carbocycles. The highest BCUT2D eigenvalue weighted by molar-refractivity contribution is 5.80. The lowest BCUT2D eigenvalue weighted by molar-refractivity contribution is -0.427. The maximum Gasteiger partial charge on any atom is 0.351 e. The lowest BCUT2D eigenvalue weighted by Crippen LogP contribution is -2.44. The van der Waals surface area contributed by atoms with E-state index in [0.717, 1.165) is 9.80 Å². The van der Waals surface area contributed by atoms with Gasteiger partial charge in [0.05, 0.1) is 4.92 Å². The van der Waals surface area contributed by atoms with Gasteiger partial charge in [0.1, 0.15) is 5.70 Å². The fraction of sp³-hybridized carbons (Fsp3) is 0.286. The summed E-state index contributed by atoms with van der Waals surface area (Å²) in [5.74, 6) is -0.692. The van der Waals surface area contributed by atoms with Gasteiger partial charge < -0.3 is 5.11 Å². The quantitative estimate of drug-likeness (QED) is 0.492. The molecule has 0 saturated carbocycles. The van der Waals surface area contributed by atoms with Crippen molar-refractivity contribution >= 4 is 6.03 Å². The molecule has 1 heterocycles. The normalized spacial score (nSPS) is 17.9. The van der Waals surface area contributed by atoms with Gasteiger partial charge in [-0.05, 0) is 0 Å². The SMILES string of the molecule is C=C1C([N+](=O)[O-])=C(O)N(C)C(=O)N1C. The predicted molar refractivity (Wildman–Crippen MR) is 46.7 cm³/mol. The van der Waals surface area contributed by atoms with Gasteiger partial charge in [-0.2, -0.15) is 0 Å². The molecule has 0 unspecified atom stereocenters. The van der Waals surface area contributed by atoms with Crippen LogP contribution in [-0.4, -0.2) is 40.0 Å². The van der Waals surface area contributed by atoms with Crippen LogP contribution in [0.3, 0.4) is 0 Å². The van der Waals surface area contributed by atoms with Gasteiger partial charge in [-0.1, -0.05) is 6.58 Å².